The molecule has 100 valence electrons. The van der Waals surface area contributed by atoms with E-state index >= 15 is 0 Å². The highest BCUT2D eigenvalue weighted by Crippen LogP contribution is 2.26. The first-order valence-corrected chi connectivity index (χ1v) is 7.59. The van der Waals surface area contributed by atoms with E-state index in [1.165, 1.54) is 36.0 Å². The molecule has 1 aromatic rings. The predicted octanol–water partition coefficient (Wildman–Crippen LogP) is 4.29. The lowest BCUT2D eigenvalue weighted by Crippen LogP contribution is -2.40. The number of halogens is 1. The van der Waals surface area contributed by atoms with Crippen molar-refractivity contribution in [3.63, 3.8) is 0 Å². The van der Waals surface area contributed by atoms with E-state index in [1.54, 1.807) is 0 Å². The highest BCUT2D eigenvalue weighted by atomic mass is 35.5. The van der Waals surface area contributed by atoms with E-state index < -0.39 is 0 Å². The molecule has 0 atom stereocenters. The Morgan fingerprint density at radius 1 is 1.17 bits per heavy atom. The van der Waals surface area contributed by atoms with Gasteiger partial charge in [-0.05, 0) is 45.2 Å². The van der Waals surface area contributed by atoms with E-state index in [-0.39, 0.29) is 0 Å². The van der Waals surface area contributed by atoms with E-state index in [4.69, 9.17) is 11.6 Å². The first kappa shape index (κ1) is 13.9. The maximum atomic E-state index is 5.84. The zero-order chi connectivity index (χ0) is 13.0. The lowest BCUT2D eigenvalue weighted by molar-refractivity contribution is 0.120. The summed E-state index contributed by atoms with van der Waals surface area (Å²) in [6.45, 7) is 6.59. The second kappa shape index (κ2) is 6.58. The third-order valence-corrected chi connectivity index (χ3v) is 4.10. The van der Waals surface area contributed by atoms with Crippen molar-refractivity contribution in [1.29, 1.82) is 0 Å². The number of hydrogen-bond acceptors (Lipinski definition) is 1. The van der Waals surface area contributed by atoms with Crippen LogP contribution in [0.2, 0.25) is 0 Å². The van der Waals surface area contributed by atoms with Crippen LogP contribution in [0, 0.1) is 13.8 Å². The molecule has 1 aliphatic rings. The summed E-state index contributed by atoms with van der Waals surface area (Å²) in [6, 6.07) is 7.68. The molecule has 1 fully saturated rings. The normalized spacial score (nSPS) is 16.0. The lowest BCUT2D eigenvalue weighted by Gasteiger charge is -2.37. The highest BCUT2D eigenvalue weighted by Gasteiger charge is 2.24. The minimum Gasteiger partial charge on any atom is -0.296 e. The maximum Gasteiger partial charge on any atom is 0.0236 e. The van der Waals surface area contributed by atoms with Crippen LogP contribution < -0.4 is 0 Å². The van der Waals surface area contributed by atoms with E-state index in [0.29, 0.717) is 0 Å². The number of aryl methyl sites for hydroxylation is 2. The molecule has 1 saturated carbocycles. The summed E-state index contributed by atoms with van der Waals surface area (Å²) in [7, 11) is 0. The Bertz CT molecular complexity index is 364. The molecule has 18 heavy (non-hydrogen) atoms. The van der Waals surface area contributed by atoms with Crippen molar-refractivity contribution in [3.05, 3.63) is 34.9 Å². The van der Waals surface area contributed by atoms with Gasteiger partial charge in [0.15, 0.2) is 0 Å². The Hall–Kier alpha value is -0.530. The first-order chi connectivity index (χ1) is 8.69. The fourth-order valence-electron chi connectivity index (χ4n) is 2.80. The number of alkyl halides is 1. The topological polar surface area (TPSA) is 3.24 Å². The van der Waals surface area contributed by atoms with Crippen molar-refractivity contribution in [2.75, 3.05) is 12.4 Å². The third-order valence-electron chi connectivity index (χ3n) is 3.84. The van der Waals surface area contributed by atoms with Gasteiger partial charge in [0.05, 0.1) is 0 Å². The monoisotopic (exact) mass is 265 g/mol. The van der Waals surface area contributed by atoms with Crippen LogP contribution in [0.3, 0.4) is 0 Å². The minimum absolute atomic E-state index is 0.774. The van der Waals surface area contributed by atoms with E-state index in [2.05, 4.69) is 36.9 Å². The molecular formula is C16H24ClN. The van der Waals surface area contributed by atoms with Gasteiger partial charge in [0.1, 0.15) is 0 Å². The Morgan fingerprint density at radius 3 is 2.33 bits per heavy atom. The second-order valence-corrected chi connectivity index (χ2v) is 5.97. The molecule has 2 heteroatoms. The average Bonchev–Trinajstić information content (AvgIpc) is 2.21. The van der Waals surface area contributed by atoms with E-state index in [9.17, 15) is 0 Å². The third kappa shape index (κ3) is 3.73. The molecule has 1 aromatic carbocycles. The summed E-state index contributed by atoms with van der Waals surface area (Å²) in [5, 5.41) is 0. The maximum absolute atomic E-state index is 5.84. The average molecular weight is 266 g/mol. The SMILES string of the molecule is Cc1cc(C)cc(CN(CCCCl)C2CCC2)c1. The van der Waals surface area contributed by atoms with Crippen LogP contribution in [0.1, 0.15) is 42.4 Å². The molecule has 0 amide bonds. The summed E-state index contributed by atoms with van der Waals surface area (Å²) >= 11 is 5.84. The Labute approximate surface area is 116 Å². The summed E-state index contributed by atoms with van der Waals surface area (Å²) < 4.78 is 0. The molecule has 0 unspecified atom stereocenters. The van der Waals surface area contributed by atoms with Gasteiger partial charge in [0.25, 0.3) is 0 Å². The fraction of sp³-hybridized carbons (Fsp3) is 0.625. The van der Waals surface area contributed by atoms with Gasteiger partial charge in [-0.15, -0.1) is 11.6 Å². The summed E-state index contributed by atoms with van der Waals surface area (Å²) in [5.41, 5.74) is 4.20. The molecule has 0 saturated heterocycles. The van der Waals surface area contributed by atoms with Crippen molar-refractivity contribution in [1.82, 2.24) is 4.90 Å². The summed E-state index contributed by atoms with van der Waals surface area (Å²) in [4.78, 5) is 2.63. The van der Waals surface area contributed by atoms with Gasteiger partial charge in [0.2, 0.25) is 0 Å². The van der Waals surface area contributed by atoms with Crippen LogP contribution >= 0.6 is 11.6 Å². The second-order valence-electron chi connectivity index (χ2n) is 5.59. The fourth-order valence-corrected chi connectivity index (χ4v) is 2.92. The van der Waals surface area contributed by atoms with Crippen LogP contribution in [-0.4, -0.2) is 23.4 Å². The van der Waals surface area contributed by atoms with Crippen LogP contribution in [0.5, 0.6) is 0 Å². The van der Waals surface area contributed by atoms with Gasteiger partial charge in [0, 0.05) is 18.5 Å². The number of benzene rings is 1. The Balaban J connectivity index is 2.02. The smallest absolute Gasteiger partial charge is 0.0236 e. The van der Waals surface area contributed by atoms with Gasteiger partial charge in [-0.1, -0.05) is 35.7 Å². The number of hydrogen-bond donors (Lipinski definition) is 0. The Kier molecular flexibility index (Phi) is 5.08. The minimum atomic E-state index is 0.774. The van der Waals surface area contributed by atoms with Gasteiger partial charge >= 0.3 is 0 Å². The van der Waals surface area contributed by atoms with Crippen molar-refractivity contribution in [2.24, 2.45) is 0 Å². The zero-order valence-corrected chi connectivity index (χ0v) is 12.3. The van der Waals surface area contributed by atoms with Crippen LogP contribution in [0.15, 0.2) is 18.2 Å². The summed E-state index contributed by atoms with van der Waals surface area (Å²) in [5.74, 6) is 0.774. The van der Waals surface area contributed by atoms with E-state index in [0.717, 1.165) is 31.4 Å². The zero-order valence-electron chi connectivity index (χ0n) is 11.6. The molecule has 0 aliphatic heterocycles. The Morgan fingerprint density at radius 2 is 1.83 bits per heavy atom. The standard InChI is InChI=1S/C16H24ClN/c1-13-9-14(2)11-15(10-13)12-18(8-4-7-17)16-5-3-6-16/h9-11,16H,3-8,12H2,1-2H3. The molecule has 0 radical (unpaired) electrons. The number of nitrogens with zero attached hydrogens (tertiary/aromatic N) is 1. The molecule has 0 spiro atoms. The quantitative estimate of drug-likeness (QED) is 0.694. The van der Waals surface area contributed by atoms with Gasteiger partial charge in [-0.3, -0.25) is 4.90 Å². The number of rotatable bonds is 6. The first-order valence-electron chi connectivity index (χ1n) is 7.06. The highest BCUT2D eigenvalue weighted by molar-refractivity contribution is 6.17. The molecule has 0 heterocycles. The lowest BCUT2D eigenvalue weighted by atomic mass is 9.91. The van der Waals surface area contributed by atoms with Crippen molar-refractivity contribution < 1.29 is 0 Å². The van der Waals surface area contributed by atoms with Crippen LogP contribution in [0.25, 0.3) is 0 Å². The summed E-state index contributed by atoms with van der Waals surface area (Å²) in [6.07, 6.45) is 5.23. The largest absolute Gasteiger partial charge is 0.296 e. The molecule has 1 aliphatic carbocycles. The molecule has 2 rings (SSSR count). The molecule has 0 N–H and O–H groups in total. The van der Waals surface area contributed by atoms with Gasteiger partial charge in [-0.2, -0.15) is 0 Å². The van der Waals surface area contributed by atoms with Crippen molar-refractivity contribution in [3.8, 4) is 0 Å². The van der Waals surface area contributed by atoms with Crippen LogP contribution in [0.4, 0.5) is 0 Å². The molecule has 0 aromatic heterocycles. The predicted molar refractivity (Wildman–Crippen MR) is 79.3 cm³/mol. The van der Waals surface area contributed by atoms with Gasteiger partial charge < -0.3 is 0 Å². The van der Waals surface area contributed by atoms with Gasteiger partial charge in [-0.25, -0.2) is 0 Å². The molecule has 1 nitrogen and oxygen atoms in total. The van der Waals surface area contributed by atoms with Crippen molar-refractivity contribution in [2.45, 2.75) is 52.1 Å². The van der Waals surface area contributed by atoms with E-state index in [1.807, 2.05) is 0 Å². The van der Waals surface area contributed by atoms with Crippen molar-refractivity contribution >= 4 is 11.6 Å². The molecular weight excluding hydrogens is 242 g/mol. The van der Waals surface area contributed by atoms with Crippen LogP contribution in [-0.2, 0) is 6.54 Å². The molecule has 0 bridgehead atoms.